The monoisotopic (exact) mass is 196 g/mol. The van der Waals surface area contributed by atoms with Crippen LogP contribution < -0.4 is 0 Å². The molecule has 0 aromatic carbocycles. The predicted octanol–water partition coefficient (Wildman–Crippen LogP) is 2.30. The van der Waals surface area contributed by atoms with Gasteiger partial charge in [-0.1, -0.05) is 19.8 Å². The summed E-state index contributed by atoms with van der Waals surface area (Å²) in [6.07, 6.45) is 6.43. The van der Waals surface area contributed by atoms with Gasteiger partial charge in [0.25, 0.3) is 0 Å². The lowest BCUT2D eigenvalue weighted by Gasteiger charge is -2.23. The van der Waals surface area contributed by atoms with Crippen LogP contribution in [-0.4, -0.2) is 16.5 Å². The van der Waals surface area contributed by atoms with Crippen LogP contribution in [0.2, 0.25) is 0 Å². The van der Waals surface area contributed by atoms with E-state index in [0.717, 1.165) is 44.9 Å². The maximum atomic E-state index is 11.2. The highest BCUT2D eigenvalue weighted by Crippen LogP contribution is 2.49. The highest BCUT2D eigenvalue weighted by molar-refractivity contribution is 5.81. The molecule has 0 radical (unpaired) electrons. The molecule has 3 atom stereocenters. The average molecular weight is 196 g/mol. The first-order valence-corrected chi connectivity index (χ1v) is 5.87. The Labute approximate surface area is 85.7 Å². The Morgan fingerprint density at radius 2 is 1.93 bits per heavy atom. The largest absolute Gasteiger partial charge is 0.390 e. The van der Waals surface area contributed by atoms with Crippen molar-refractivity contribution in [1.29, 1.82) is 0 Å². The molecule has 14 heavy (non-hydrogen) atoms. The first kappa shape index (κ1) is 10.2. The molecule has 2 heteroatoms. The minimum absolute atomic E-state index is 0.414. The molecule has 2 aliphatic carbocycles. The maximum absolute atomic E-state index is 11.2. The highest BCUT2D eigenvalue weighted by atomic mass is 16.3. The molecule has 2 saturated carbocycles. The van der Waals surface area contributed by atoms with Crippen LogP contribution in [0.5, 0.6) is 0 Å². The molecule has 0 saturated heterocycles. The molecule has 0 aliphatic heterocycles. The molecule has 0 aromatic heterocycles. The summed E-state index contributed by atoms with van der Waals surface area (Å²) < 4.78 is 0. The normalized spacial score (nSPS) is 41.7. The lowest BCUT2D eigenvalue weighted by molar-refractivity contribution is -0.118. The van der Waals surface area contributed by atoms with Crippen LogP contribution in [0.1, 0.15) is 51.9 Å². The van der Waals surface area contributed by atoms with Crippen LogP contribution in [0.15, 0.2) is 0 Å². The van der Waals surface area contributed by atoms with Crippen LogP contribution >= 0.6 is 0 Å². The Kier molecular flexibility index (Phi) is 2.65. The van der Waals surface area contributed by atoms with Gasteiger partial charge in [-0.05, 0) is 31.1 Å². The smallest absolute Gasteiger partial charge is 0.133 e. The molecule has 1 N–H and O–H groups in total. The molecule has 80 valence electrons. The topological polar surface area (TPSA) is 37.3 Å². The molecule has 0 unspecified atom stereocenters. The number of hydrogen-bond acceptors (Lipinski definition) is 2. The fraction of sp³-hybridized carbons (Fsp3) is 0.917. The summed E-state index contributed by atoms with van der Waals surface area (Å²) in [6, 6.07) is 0. The Bertz CT molecular complexity index is 218. The SMILES string of the molecule is CCCC[C@@]1(O)C[C@H]2CC(=O)C[C@H]2C1. The van der Waals surface area contributed by atoms with Gasteiger partial charge < -0.3 is 5.11 Å². The van der Waals surface area contributed by atoms with Crippen molar-refractivity contribution in [2.24, 2.45) is 11.8 Å². The zero-order valence-electron chi connectivity index (χ0n) is 8.96. The van der Waals surface area contributed by atoms with Gasteiger partial charge in [0, 0.05) is 12.8 Å². The zero-order chi connectivity index (χ0) is 10.2. The first-order valence-electron chi connectivity index (χ1n) is 5.87. The van der Waals surface area contributed by atoms with Gasteiger partial charge in [-0.2, -0.15) is 0 Å². The van der Waals surface area contributed by atoms with Crippen LogP contribution in [0.25, 0.3) is 0 Å². The van der Waals surface area contributed by atoms with Crippen LogP contribution in [0, 0.1) is 11.8 Å². The number of carbonyl (C=O) groups is 1. The van der Waals surface area contributed by atoms with Gasteiger partial charge in [0.2, 0.25) is 0 Å². The number of rotatable bonds is 3. The van der Waals surface area contributed by atoms with Gasteiger partial charge in [0.1, 0.15) is 5.78 Å². The van der Waals surface area contributed by atoms with Crippen molar-refractivity contribution >= 4 is 5.78 Å². The third-order valence-corrected chi connectivity index (χ3v) is 3.93. The van der Waals surface area contributed by atoms with E-state index in [4.69, 9.17) is 0 Å². The number of unbranched alkanes of at least 4 members (excludes halogenated alkanes) is 1. The fourth-order valence-corrected chi connectivity index (χ4v) is 3.25. The van der Waals surface area contributed by atoms with Crippen molar-refractivity contribution in [2.45, 2.75) is 57.5 Å². The van der Waals surface area contributed by atoms with Crippen molar-refractivity contribution in [1.82, 2.24) is 0 Å². The van der Waals surface area contributed by atoms with Gasteiger partial charge in [-0.3, -0.25) is 4.79 Å². The first-order chi connectivity index (χ1) is 6.63. The highest BCUT2D eigenvalue weighted by Gasteiger charge is 2.47. The van der Waals surface area contributed by atoms with E-state index >= 15 is 0 Å². The Hall–Kier alpha value is -0.370. The standard InChI is InChI=1S/C12H20O2/c1-2-3-4-12(14)7-9-5-11(13)6-10(9)8-12/h9-10,14H,2-8H2,1H3/t9-,10+,12-. The summed E-state index contributed by atoms with van der Waals surface area (Å²) in [6.45, 7) is 2.16. The maximum Gasteiger partial charge on any atom is 0.133 e. The summed E-state index contributed by atoms with van der Waals surface area (Å²) in [4.78, 5) is 11.2. The summed E-state index contributed by atoms with van der Waals surface area (Å²) in [5, 5.41) is 10.3. The molecule has 0 aromatic rings. The second-order valence-corrected chi connectivity index (χ2v) is 5.20. The van der Waals surface area contributed by atoms with Gasteiger partial charge >= 0.3 is 0 Å². The molecule has 0 amide bonds. The van der Waals surface area contributed by atoms with E-state index in [9.17, 15) is 9.90 Å². The summed E-state index contributed by atoms with van der Waals surface area (Å²) in [7, 11) is 0. The molecule has 0 spiro atoms. The molecule has 0 bridgehead atoms. The number of Topliss-reactive ketones (excluding diaryl/α,β-unsaturated/α-hetero) is 1. The van der Waals surface area contributed by atoms with E-state index in [2.05, 4.69) is 6.92 Å². The van der Waals surface area contributed by atoms with Crippen molar-refractivity contribution < 1.29 is 9.90 Å². The average Bonchev–Trinajstić information content (AvgIpc) is 2.55. The van der Waals surface area contributed by atoms with Crippen LogP contribution in [-0.2, 0) is 4.79 Å². The number of hydrogen-bond donors (Lipinski definition) is 1. The Morgan fingerprint density at radius 3 is 2.43 bits per heavy atom. The van der Waals surface area contributed by atoms with Gasteiger partial charge in [-0.15, -0.1) is 0 Å². The lowest BCUT2D eigenvalue weighted by Crippen LogP contribution is -2.25. The van der Waals surface area contributed by atoms with E-state index in [0.29, 0.717) is 17.6 Å². The van der Waals surface area contributed by atoms with Crippen molar-refractivity contribution in [3.8, 4) is 0 Å². The molecular weight excluding hydrogens is 176 g/mol. The van der Waals surface area contributed by atoms with E-state index in [1.165, 1.54) is 0 Å². The van der Waals surface area contributed by atoms with Crippen LogP contribution in [0.4, 0.5) is 0 Å². The minimum atomic E-state index is -0.425. The third-order valence-electron chi connectivity index (χ3n) is 3.93. The second-order valence-electron chi connectivity index (χ2n) is 5.20. The molecule has 2 fully saturated rings. The van der Waals surface area contributed by atoms with Crippen molar-refractivity contribution in [3.05, 3.63) is 0 Å². The molecule has 2 aliphatic rings. The van der Waals surface area contributed by atoms with E-state index in [1.54, 1.807) is 0 Å². The second kappa shape index (κ2) is 3.65. The molecule has 0 heterocycles. The van der Waals surface area contributed by atoms with Crippen molar-refractivity contribution in [3.63, 3.8) is 0 Å². The number of fused-ring (bicyclic) bond motifs is 1. The lowest BCUT2D eigenvalue weighted by atomic mass is 9.92. The Balaban J connectivity index is 1.92. The minimum Gasteiger partial charge on any atom is -0.390 e. The summed E-state index contributed by atoms with van der Waals surface area (Å²) in [5.74, 6) is 1.42. The van der Waals surface area contributed by atoms with Gasteiger partial charge in [0.15, 0.2) is 0 Å². The van der Waals surface area contributed by atoms with Crippen LogP contribution in [0.3, 0.4) is 0 Å². The fourth-order valence-electron chi connectivity index (χ4n) is 3.25. The zero-order valence-corrected chi connectivity index (χ0v) is 8.96. The quantitative estimate of drug-likeness (QED) is 0.752. The summed E-state index contributed by atoms with van der Waals surface area (Å²) >= 11 is 0. The summed E-state index contributed by atoms with van der Waals surface area (Å²) in [5.41, 5.74) is -0.425. The van der Waals surface area contributed by atoms with E-state index < -0.39 is 5.60 Å². The number of ketones is 1. The third kappa shape index (κ3) is 1.85. The molecule has 2 nitrogen and oxygen atoms in total. The van der Waals surface area contributed by atoms with Crippen molar-refractivity contribution in [2.75, 3.05) is 0 Å². The number of aliphatic hydroxyl groups is 1. The van der Waals surface area contributed by atoms with Gasteiger partial charge in [-0.25, -0.2) is 0 Å². The molecular formula is C12H20O2. The van der Waals surface area contributed by atoms with E-state index in [-0.39, 0.29) is 0 Å². The Morgan fingerprint density at radius 1 is 1.36 bits per heavy atom. The molecule has 2 rings (SSSR count). The van der Waals surface area contributed by atoms with E-state index in [1.807, 2.05) is 0 Å². The predicted molar refractivity (Wildman–Crippen MR) is 54.9 cm³/mol. The van der Waals surface area contributed by atoms with Gasteiger partial charge in [0.05, 0.1) is 5.60 Å². The number of carbonyl (C=O) groups excluding carboxylic acids is 1.